The summed E-state index contributed by atoms with van der Waals surface area (Å²) in [6, 6.07) is 8.22. The normalized spacial score (nSPS) is 10.3. The van der Waals surface area contributed by atoms with Crippen LogP contribution in [0.2, 0.25) is 5.15 Å². The molecule has 1 heterocycles. The number of aromatic nitrogens is 1. The van der Waals surface area contributed by atoms with Gasteiger partial charge in [-0.2, -0.15) is 0 Å². The molecule has 0 saturated carbocycles. The standard InChI is InChI=1S/C12H9BrClN3O2/c1-7-6-8(2-3-9(7)13)15-12-10(17(18)19)4-5-11(14)16-12/h2-6H,1H3,(H,15,16). The van der Waals surface area contributed by atoms with Crippen LogP contribution in [0.4, 0.5) is 17.2 Å². The lowest BCUT2D eigenvalue weighted by Gasteiger charge is -2.08. The molecule has 0 aliphatic carbocycles. The Morgan fingerprint density at radius 2 is 2.11 bits per heavy atom. The minimum Gasteiger partial charge on any atom is -0.334 e. The molecule has 0 atom stereocenters. The molecule has 0 bridgehead atoms. The molecule has 7 heteroatoms. The van der Waals surface area contributed by atoms with Crippen molar-refractivity contribution < 1.29 is 4.92 Å². The largest absolute Gasteiger partial charge is 0.334 e. The van der Waals surface area contributed by atoms with Crippen molar-refractivity contribution in [2.75, 3.05) is 5.32 Å². The number of aryl methyl sites for hydroxylation is 1. The maximum absolute atomic E-state index is 10.9. The van der Waals surface area contributed by atoms with Crippen molar-refractivity contribution in [1.29, 1.82) is 0 Å². The monoisotopic (exact) mass is 341 g/mol. The van der Waals surface area contributed by atoms with Gasteiger partial charge in [-0.1, -0.05) is 27.5 Å². The summed E-state index contributed by atoms with van der Waals surface area (Å²) in [6.45, 7) is 1.93. The molecular formula is C12H9BrClN3O2. The highest BCUT2D eigenvalue weighted by Crippen LogP contribution is 2.28. The van der Waals surface area contributed by atoms with Crippen LogP contribution in [0.1, 0.15) is 5.56 Å². The highest BCUT2D eigenvalue weighted by Gasteiger charge is 2.16. The van der Waals surface area contributed by atoms with Gasteiger partial charge in [0.1, 0.15) is 5.15 Å². The van der Waals surface area contributed by atoms with Crippen molar-refractivity contribution in [2.24, 2.45) is 0 Å². The number of nitro groups is 1. The lowest BCUT2D eigenvalue weighted by molar-refractivity contribution is -0.384. The maximum atomic E-state index is 10.9. The fourth-order valence-electron chi connectivity index (χ4n) is 1.53. The van der Waals surface area contributed by atoms with Gasteiger partial charge >= 0.3 is 5.69 Å². The summed E-state index contributed by atoms with van der Waals surface area (Å²) < 4.78 is 0.964. The van der Waals surface area contributed by atoms with E-state index in [0.29, 0.717) is 5.69 Å². The van der Waals surface area contributed by atoms with Gasteiger partial charge in [-0.3, -0.25) is 10.1 Å². The lowest BCUT2D eigenvalue weighted by Crippen LogP contribution is -2.00. The molecule has 1 aromatic carbocycles. The Morgan fingerprint density at radius 3 is 2.74 bits per heavy atom. The number of pyridine rings is 1. The fraction of sp³-hybridized carbons (Fsp3) is 0.0833. The van der Waals surface area contributed by atoms with E-state index in [9.17, 15) is 10.1 Å². The SMILES string of the molecule is Cc1cc(Nc2nc(Cl)ccc2[N+](=O)[O-])ccc1Br. The average molecular weight is 343 g/mol. The summed E-state index contributed by atoms with van der Waals surface area (Å²) in [6.07, 6.45) is 0. The van der Waals surface area contributed by atoms with Crippen molar-refractivity contribution in [1.82, 2.24) is 4.98 Å². The number of anilines is 2. The molecule has 0 amide bonds. The van der Waals surface area contributed by atoms with E-state index in [1.54, 1.807) is 6.07 Å². The topological polar surface area (TPSA) is 68.1 Å². The molecular weight excluding hydrogens is 334 g/mol. The summed E-state index contributed by atoms with van der Waals surface area (Å²) in [5.41, 5.74) is 1.60. The third-order valence-corrected chi connectivity index (χ3v) is 3.56. The van der Waals surface area contributed by atoms with E-state index in [1.807, 2.05) is 19.1 Å². The molecule has 0 aliphatic rings. The number of halogens is 2. The van der Waals surface area contributed by atoms with E-state index in [2.05, 4.69) is 26.2 Å². The smallest absolute Gasteiger partial charge is 0.311 e. The van der Waals surface area contributed by atoms with Crippen molar-refractivity contribution in [2.45, 2.75) is 6.92 Å². The van der Waals surface area contributed by atoms with Crippen LogP contribution in [0.15, 0.2) is 34.8 Å². The summed E-state index contributed by atoms with van der Waals surface area (Å²) in [4.78, 5) is 14.4. The molecule has 5 nitrogen and oxygen atoms in total. The summed E-state index contributed by atoms with van der Waals surface area (Å²) >= 11 is 9.15. The molecule has 0 fully saturated rings. The van der Waals surface area contributed by atoms with Crippen LogP contribution < -0.4 is 5.32 Å². The van der Waals surface area contributed by atoms with Crippen molar-refractivity contribution in [3.63, 3.8) is 0 Å². The van der Waals surface area contributed by atoms with Crippen molar-refractivity contribution in [3.8, 4) is 0 Å². The molecule has 19 heavy (non-hydrogen) atoms. The van der Waals surface area contributed by atoms with Crippen LogP contribution in [0.3, 0.4) is 0 Å². The predicted molar refractivity (Wildman–Crippen MR) is 78.1 cm³/mol. The van der Waals surface area contributed by atoms with Crippen molar-refractivity contribution in [3.05, 3.63) is 55.6 Å². The van der Waals surface area contributed by atoms with E-state index in [4.69, 9.17) is 11.6 Å². The zero-order chi connectivity index (χ0) is 14.0. The van der Waals surface area contributed by atoms with E-state index >= 15 is 0 Å². The van der Waals surface area contributed by atoms with E-state index in [1.165, 1.54) is 12.1 Å². The Labute approximate surface area is 122 Å². The Balaban J connectivity index is 2.39. The number of hydrogen-bond donors (Lipinski definition) is 1. The number of rotatable bonds is 3. The molecule has 0 saturated heterocycles. The van der Waals surface area contributed by atoms with E-state index < -0.39 is 4.92 Å². The van der Waals surface area contributed by atoms with Gasteiger partial charge in [0.15, 0.2) is 0 Å². The van der Waals surface area contributed by atoms with Gasteiger partial charge in [0, 0.05) is 16.2 Å². The predicted octanol–water partition coefficient (Wildman–Crippen LogP) is 4.46. The maximum Gasteiger partial charge on any atom is 0.311 e. The molecule has 98 valence electrons. The number of hydrogen-bond acceptors (Lipinski definition) is 4. The quantitative estimate of drug-likeness (QED) is 0.508. The lowest BCUT2D eigenvalue weighted by atomic mass is 10.2. The van der Waals surface area contributed by atoms with Gasteiger partial charge in [-0.05, 0) is 36.8 Å². The number of nitrogens with one attached hydrogen (secondary N) is 1. The van der Waals surface area contributed by atoms with Crippen LogP contribution in [0, 0.1) is 17.0 Å². The van der Waals surface area contributed by atoms with Gasteiger partial charge in [0.25, 0.3) is 0 Å². The van der Waals surface area contributed by atoms with Gasteiger partial charge in [-0.15, -0.1) is 0 Å². The van der Waals surface area contributed by atoms with Gasteiger partial charge in [0.2, 0.25) is 5.82 Å². The minimum absolute atomic E-state index is 0.120. The Hall–Kier alpha value is -1.66. The Morgan fingerprint density at radius 1 is 1.37 bits per heavy atom. The summed E-state index contributed by atoms with van der Waals surface area (Å²) in [7, 11) is 0. The third-order valence-electron chi connectivity index (χ3n) is 2.46. The number of nitrogens with zero attached hydrogens (tertiary/aromatic N) is 2. The Kier molecular flexibility index (Phi) is 4.01. The second-order valence-corrected chi connectivity index (χ2v) is 5.09. The first-order valence-corrected chi connectivity index (χ1v) is 6.48. The summed E-state index contributed by atoms with van der Waals surface area (Å²) in [5.74, 6) is 0.124. The van der Waals surface area contributed by atoms with Crippen molar-refractivity contribution >= 4 is 44.7 Å². The molecule has 0 radical (unpaired) electrons. The first kappa shape index (κ1) is 13.8. The molecule has 2 aromatic rings. The van der Waals surface area contributed by atoms with Crippen LogP contribution in [-0.4, -0.2) is 9.91 Å². The fourth-order valence-corrected chi connectivity index (χ4v) is 1.92. The molecule has 1 N–H and O–H groups in total. The molecule has 0 spiro atoms. The van der Waals surface area contributed by atoms with Crippen LogP contribution in [0.25, 0.3) is 0 Å². The van der Waals surface area contributed by atoms with Gasteiger partial charge in [0.05, 0.1) is 4.92 Å². The molecule has 1 aromatic heterocycles. The zero-order valence-corrected chi connectivity index (χ0v) is 12.2. The molecule has 0 unspecified atom stereocenters. The van der Waals surface area contributed by atoms with E-state index in [0.717, 1.165) is 10.0 Å². The van der Waals surface area contributed by atoms with Crippen LogP contribution in [-0.2, 0) is 0 Å². The Bertz CT molecular complexity index is 649. The highest BCUT2D eigenvalue weighted by atomic mass is 79.9. The minimum atomic E-state index is -0.503. The first-order valence-electron chi connectivity index (χ1n) is 5.31. The average Bonchev–Trinajstić information content (AvgIpc) is 2.33. The summed E-state index contributed by atoms with van der Waals surface area (Å²) in [5, 5.41) is 14.0. The zero-order valence-electron chi connectivity index (χ0n) is 9.85. The third kappa shape index (κ3) is 3.21. The molecule has 0 aliphatic heterocycles. The van der Waals surface area contributed by atoms with E-state index in [-0.39, 0.29) is 16.7 Å². The van der Waals surface area contributed by atoms with Gasteiger partial charge in [-0.25, -0.2) is 4.98 Å². The first-order chi connectivity index (χ1) is 8.97. The van der Waals surface area contributed by atoms with Gasteiger partial charge < -0.3 is 5.32 Å². The van der Waals surface area contributed by atoms with Crippen LogP contribution in [0.5, 0.6) is 0 Å². The second kappa shape index (κ2) is 5.54. The highest BCUT2D eigenvalue weighted by molar-refractivity contribution is 9.10. The molecule has 2 rings (SSSR count). The number of benzene rings is 1. The van der Waals surface area contributed by atoms with Crippen LogP contribution >= 0.6 is 27.5 Å². The second-order valence-electron chi connectivity index (χ2n) is 3.85.